The minimum atomic E-state index is -0.581. The molecule has 5 nitrogen and oxygen atoms in total. The van der Waals surface area contributed by atoms with Gasteiger partial charge in [0.1, 0.15) is 11.8 Å². The van der Waals surface area contributed by atoms with Gasteiger partial charge in [-0.1, -0.05) is 36.4 Å². The molecule has 0 spiro atoms. The Kier molecular flexibility index (Phi) is 5.56. The van der Waals surface area contributed by atoms with Crippen molar-refractivity contribution in [3.63, 3.8) is 0 Å². The fourth-order valence-corrected chi connectivity index (χ4v) is 3.26. The summed E-state index contributed by atoms with van der Waals surface area (Å²) in [5.41, 5.74) is 2.86. The number of hydrogen-bond donors (Lipinski definition) is 0. The molecule has 1 unspecified atom stereocenters. The van der Waals surface area contributed by atoms with Gasteiger partial charge in [-0.15, -0.1) is 0 Å². The average Bonchev–Trinajstić information content (AvgIpc) is 3.05. The van der Waals surface area contributed by atoms with Crippen LogP contribution in [0.15, 0.2) is 48.5 Å². The third-order valence-corrected chi connectivity index (χ3v) is 4.60. The Hall–Kier alpha value is -2.82. The van der Waals surface area contributed by atoms with Crippen LogP contribution in [0.2, 0.25) is 0 Å². The van der Waals surface area contributed by atoms with E-state index in [4.69, 9.17) is 9.47 Å². The molecule has 2 aromatic rings. The van der Waals surface area contributed by atoms with Crippen LogP contribution in [0.3, 0.4) is 0 Å². The zero-order chi connectivity index (χ0) is 18.5. The van der Waals surface area contributed by atoms with Crippen molar-refractivity contribution in [3.05, 3.63) is 59.7 Å². The number of benzene rings is 2. The number of methoxy groups -OCH3 is 1. The lowest BCUT2D eigenvalue weighted by Crippen LogP contribution is -2.43. The lowest BCUT2D eigenvalue weighted by atomic mass is 10.1. The molecule has 26 heavy (non-hydrogen) atoms. The Labute approximate surface area is 153 Å². The second kappa shape index (κ2) is 8.04. The van der Waals surface area contributed by atoms with E-state index in [1.165, 1.54) is 7.11 Å². The van der Waals surface area contributed by atoms with Crippen LogP contribution in [0.1, 0.15) is 24.0 Å². The topological polar surface area (TPSA) is 55.8 Å². The van der Waals surface area contributed by atoms with E-state index in [1.54, 1.807) is 4.90 Å². The van der Waals surface area contributed by atoms with Crippen LogP contribution in [0, 0.1) is 6.92 Å². The molecule has 0 aromatic heterocycles. The number of rotatable bonds is 6. The third kappa shape index (κ3) is 3.72. The third-order valence-electron chi connectivity index (χ3n) is 4.60. The summed E-state index contributed by atoms with van der Waals surface area (Å²) < 4.78 is 10.6. The first-order valence-corrected chi connectivity index (χ1v) is 8.78. The summed E-state index contributed by atoms with van der Waals surface area (Å²) in [6, 6.07) is 14.8. The molecular weight excluding hydrogens is 330 g/mol. The highest BCUT2D eigenvalue weighted by Gasteiger charge is 2.38. The number of hydrogen-bond acceptors (Lipinski definition) is 4. The van der Waals surface area contributed by atoms with Gasteiger partial charge in [0.2, 0.25) is 5.91 Å². The monoisotopic (exact) mass is 353 g/mol. The molecule has 1 aliphatic heterocycles. The van der Waals surface area contributed by atoms with Crippen molar-refractivity contribution in [2.45, 2.75) is 32.2 Å². The standard InChI is InChI=1S/C21H23NO4/c1-15-8-3-6-11-19(15)26-13-7-12-20(23)22-17-10-5-4-9-16(17)14-18(22)21(24)25-2/h3-6,8-11,18H,7,12-14H2,1-2H3. The lowest BCUT2D eigenvalue weighted by molar-refractivity contribution is -0.143. The van der Waals surface area contributed by atoms with Gasteiger partial charge < -0.3 is 9.47 Å². The summed E-state index contributed by atoms with van der Waals surface area (Å²) >= 11 is 0. The maximum Gasteiger partial charge on any atom is 0.329 e. The zero-order valence-electron chi connectivity index (χ0n) is 15.1. The number of esters is 1. The Morgan fingerprint density at radius 1 is 1.12 bits per heavy atom. The van der Waals surface area contributed by atoms with Crippen LogP contribution in [0.25, 0.3) is 0 Å². The van der Waals surface area contributed by atoms with Gasteiger partial charge in [-0.05, 0) is 36.6 Å². The molecule has 136 valence electrons. The van der Waals surface area contributed by atoms with E-state index in [0.717, 1.165) is 22.6 Å². The number of ether oxygens (including phenoxy) is 2. The molecule has 1 atom stereocenters. The molecular formula is C21H23NO4. The molecule has 0 fully saturated rings. The number of fused-ring (bicyclic) bond motifs is 1. The molecule has 0 aliphatic carbocycles. The van der Waals surface area contributed by atoms with Crippen LogP contribution < -0.4 is 9.64 Å². The highest BCUT2D eigenvalue weighted by atomic mass is 16.5. The SMILES string of the molecule is COC(=O)C1Cc2ccccc2N1C(=O)CCCOc1ccccc1C. The van der Waals surface area contributed by atoms with Gasteiger partial charge in [0.25, 0.3) is 0 Å². The van der Waals surface area contributed by atoms with Gasteiger partial charge in [-0.25, -0.2) is 4.79 Å². The van der Waals surface area contributed by atoms with E-state index in [9.17, 15) is 9.59 Å². The molecule has 0 saturated heterocycles. The second-order valence-corrected chi connectivity index (χ2v) is 6.35. The van der Waals surface area contributed by atoms with Crippen molar-refractivity contribution in [3.8, 4) is 5.75 Å². The van der Waals surface area contributed by atoms with Crippen molar-refractivity contribution in [2.24, 2.45) is 0 Å². The molecule has 0 N–H and O–H groups in total. The van der Waals surface area contributed by atoms with Crippen LogP contribution in [0.4, 0.5) is 5.69 Å². The summed E-state index contributed by atoms with van der Waals surface area (Å²) in [5, 5.41) is 0. The Morgan fingerprint density at radius 2 is 1.85 bits per heavy atom. The minimum Gasteiger partial charge on any atom is -0.493 e. The molecule has 5 heteroatoms. The Balaban J connectivity index is 1.62. The number of aryl methyl sites for hydroxylation is 1. The Morgan fingerprint density at radius 3 is 2.62 bits per heavy atom. The highest BCUT2D eigenvalue weighted by Crippen LogP contribution is 2.33. The normalized spacial score (nSPS) is 15.5. The molecule has 1 heterocycles. The quantitative estimate of drug-likeness (QED) is 0.591. The van der Waals surface area contributed by atoms with Crippen molar-refractivity contribution in [1.29, 1.82) is 0 Å². The first-order chi connectivity index (χ1) is 12.6. The van der Waals surface area contributed by atoms with Crippen LogP contribution in [-0.2, 0) is 20.7 Å². The fourth-order valence-electron chi connectivity index (χ4n) is 3.26. The molecule has 1 amide bonds. The highest BCUT2D eigenvalue weighted by molar-refractivity contribution is 6.02. The molecule has 2 aromatic carbocycles. The first-order valence-electron chi connectivity index (χ1n) is 8.78. The number of para-hydroxylation sites is 2. The molecule has 1 aliphatic rings. The second-order valence-electron chi connectivity index (χ2n) is 6.35. The number of amides is 1. The van der Waals surface area contributed by atoms with Crippen molar-refractivity contribution < 1.29 is 19.1 Å². The number of carbonyl (C=O) groups is 2. The van der Waals surface area contributed by atoms with Gasteiger partial charge in [0.05, 0.1) is 13.7 Å². The van der Waals surface area contributed by atoms with E-state index in [1.807, 2.05) is 55.5 Å². The summed E-state index contributed by atoms with van der Waals surface area (Å²) in [7, 11) is 1.35. The molecule has 0 radical (unpaired) electrons. The van der Waals surface area contributed by atoms with Gasteiger partial charge >= 0.3 is 5.97 Å². The maximum atomic E-state index is 12.8. The number of anilines is 1. The molecule has 0 bridgehead atoms. The van der Waals surface area contributed by atoms with Gasteiger partial charge in [-0.2, -0.15) is 0 Å². The lowest BCUT2D eigenvalue weighted by Gasteiger charge is -2.23. The number of carbonyl (C=O) groups excluding carboxylic acids is 2. The summed E-state index contributed by atoms with van der Waals surface area (Å²) in [5.74, 6) is 0.364. The van der Waals surface area contributed by atoms with E-state index < -0.39 is 6.04 Å². The summed E-state index contributed by atoms with van der Waals surface area (Å²) in [6.45, 7) is 2.44. The largest absolute Gasteiger partial charge is 0.493 e. The van der Waals surface area contributed by atoms with E-state index in [0.29, 0.717) is 25.9 Å². The average molecular weight is 353 g/mol. The Bertz CT molecular complexity index is 802. The molecule has 0 saturated carbocycles. The van der Waals surface area contributed by atoms with Crippen molar-refractivity contribution in [1.82, 2.24) is 0 Å². The van der Waals surface area contributed by atoms with Gasteiger partial charge in [0, 0.05) is 18.5 Å². The first kappa shape index (κ1) is 18.0. The van der Waals surface area contributed by atoms with Gasteiger partial charge in [0.15, 0.2) is 0 Å². The predicted molar refractivity (Wildman–Crippen MR) is 99.3 cm³/mol. The predicted octanol–water partition coefficient (Wildman–Crippen LogP) is 3.28. The smallest absolute Gasteiger partial charge is 0.329 e. The summed E-state index contributed by atoms with van der Waals surface area (Å²) in [4.78, 5) is 26.5. The van der Waals surface area contributed by atoms with E-state index in [-0.39, 0.29) is 11.9 Å². The van der Waals surface area contributed by atoms with E-state index in [2.05, 4.69) is 0 Å². The van der Waals surface area contributed by atoms with Crippen molar-refractivity contribution in [2.75, 3.05) is 18.6 Å². The zero-order valence-corrected chi connectivity index (χ0v) is 15.1. The van der Waals surface area contributed by atoms with Crippen LogP contribution in [-0.4, -0.2) is 31.6 Å². The van der Waals surface area contributed by atoms with E-state index >= 15 is 0 Å². The maximum absolute atomic E-state index is 12.8. The van der Waals surface area contributed by atoms with Crippen LogP contribution in [0.5, 0.6) is 5.75 Å². The number of nitrogens with zero attached hydrogens (tertiary/aromatic N) is 1. The van der Waals surface area contributed by atoms with Gasteiger partial charge in [-0.3, -0.25) is 9.69 Å². The fraction of sp³-hybridized carbons (Fsp3) is 0.333. The minimum absolute atomic E-state index is 0.0845. The summed E-state index contributed by atoms with van der Waals surface area (Å²) in [6.07, 6.45) is 1.39. The van der Waals surface area contributed by atoms with Crippen LogP contribution >= 0.6 is 0 Å². The van der Waals surface area contributed by atoms with Crippen molar-refractivity contribution >= 4 is 17.6 Å². The molecule has 3 rings (SSSR count).